The van der Waals surface area contributed by atoms with Crippen LogP contribution in [0.2, 0.25) is 0 Å². The van der Waals surface area contributed by atoms with Crippen LogP contribution in [-0.4, -0.2) is 93.3 Å². The first-order valence-electron chi connectivity index (χ1n) is 33.5. The number of pyridine rings is 2. The second-order valence-corrected chi connectivity index (χ2v) is 25.3. The molecule has 18 aromatic rings. The number of aromatic nitrogens is 19. The van der Waals surface area contributed by atoms with Crippen molar-refractivity contribution < 1.29 is 0 Å². The number of nitrogens with one attached hydrogen (secondary N) is 5. The summed E-state index contributed by atoms with van der Waals surface area (Å²) in [6, 6.07) is 51.2. The lowest BCUT2D eigenvalue weighted by Crippen LogP contribution is -2.17. The Balaban J connectivity index is 0.000000120. The molecule has 0 aliphatic carbocycles. The van der Waals surface area contributed by atoms with Crippen LogP contribution in [0, 0.1) is 0 Å². The van der Waals surface area contributed by atoms with E-state index in [-0.39, 0.29) is 29.2 Å². The molecule has 508 valence electrons. The Bertz CT molecular complexity index is 5990. The van der Waals surface area contributed by atoms with Gasteiger partial charge < -0.3 is 34.2 Å². The van der Waals surface area contributed by atoms with Gasteiger partial charge in [0.2, 0.25) is 0 Å². The molecule has 5 N–H and O–H groups in total. The molecule has 18 rings (SSSR count). The van der Waals surface area contributed by atoms with Crippen molar-refractivity contribution in [3.05, 3.63) is 318 Å². The molecule has 24 nitrogen and oxygen atoms in total. The number of benzene rings is 6. The van der Waals surface area contributed by atoms with E-state index >= 15 is 0 Å². The summed E-state index contributed by atoms with van der Waals surface area (Å²) in [6.45, 7) is 0. The van der Waals surface area contributed by atoms with Gasteiger partial charge in [0, 0.05) is 202 Å². The van der Waals surface area contributed by atoms with Gasteiger partial charge in [-0.1, -0.05) is 48.5 Å². The monoisotopic (exact) mass is 1370 g/mol. The minimum absolute atomic E-state index is 0.175. The maximum Gasteiger partial charge on any atom is 0.264 e. The van der Waals surface area contributed by atoms with Crippen molar-refractivity contribution >= 4 is 82.9 Å². The lowest BCUT2D eigenvalue weighted by molar-refractivity contribution is 0.743. The number of imidazole rings is 1. The van der Waals surface area contributed by atoms with Gasteiger partial charge >= 0.3 is 0 Å². The first-order valence-corrected chi connectivity index (χ1v) is 33.5. The number of rotatable bonds is 15. The summed E-state index contributed by atoms with van der Waals surface area (Å²) >= 11 is 0. The molecule has 0 saturated carbocycles. The molecule has 12 heterocycles. The molecular formula is C80H66N22O2. The highest BCUT2D eigenvalue weighted by atomic mass is 16.1. The molecule has 0 bridgehead atoms. The van der Waals surface area contributed by atoms with Crippen LogP contribution in [0.5, 0.6) is 0 Å². The fourth-order valence-corrected chi connectivity index (χ4v) is 13.2. The van der Waals surface area contributed by atoms with Gasteiger partial charge in [0.05, 0.1) is 62.8 Å². The molecule has 0 spiro atoms. The van der Waals surface area contributed by atoms with E-state index in [4.69, 9.17) is 0 Å². The summed E-state index contributed by atoms with van der Waals surface area (Å²) in [6.07, 6.45) is 31.1. The molecule has 0 amide bonds. The van der Waals surface area contributed by atoms with E-state index in [1.54, 1.807) is 78.8 Å². The second-order valence-electron chi connectivity index (χ2n) is 25.3. The Morgan fingerprint density at radius 2 is 0.779 bits per heavy atom. The Kier molecular flexibility index (Phi) is 17.3. The summed E-state index contributed by atoms with van der Waals surface area (Å²) in [5.41, 5.74) is 20.9. The average Bonchev–Trinajstić information content (AvgIpc) is 1.14. The smallest absolute Gasteiger partial charge is 0.264 e. The van der Waals surface area contributed by atoms with E-state index in [0.29, 0.717) is 11.4 Å². The second kappa shape index (κ2) is 27.9. The minimum atomic E-state index is -0.335. The lowest BCUT2D eigenvalue weighted by Gasteiger charge is -2.20. The van der Waals surface area contributed by atoms with Crippen LogP contribution >= 0.6 is 0 Å². The van der Waals surface area contributed by atoms with Crippen LogP contribution in [0.4, 0.5) is 17.1 Å². The van der Waals surface area contributed by atoms with Crippen molar-refractivity contribution in [2.24, 2.45) is 35.2 Å². The number of nitrogens with zero attached hydrogens (tertiary/aromatic N) is 17. The van der Waals surface area contributed by atoms with E-state index in [2.05, 4.69) is 217 Å². The fraction of sp³-hybridized carbons (Fsp3) is 0.100. The van der Waals surface area contributed by atoms with Crippen LogP contribution in [0.1, 0.15) is 52.0 Å². The molecule has 0 radical (unpaired) electrons. The molecule has 0 aliphatic rings. The summed E-state index contributed by atoms with van der Waals surface area (Å²) in [4.78, 5) is 64.1. The normalized spacial score (nSPS) is 12.2. The summed E-state index contributed by atoms with van der Waals surface area (Å²) in [7, 11) is 10.1. The number of aromatic amines is 2. The molecule has 0 aliphatic heterocycles. The Morgan fingerprint density at radius 1 is 0.365 bits per heavy atom. The third kappa shape index (κ3) is 13.2. The van der Waals surface area contributed by atoms with E-state index < -0.39 is 0 Å². The number of anilines is 3. The molecule has 0 saturated heterocycles. The molecule has 0 fully saturated rings. The third-order valence-corrected chi connectivity index (χ3v) is 18.5. The highest BCUT2D eigenvalue weighted by molar-refractivity contribution is 6.00. The zero-order valence-electron chi connectivity index (χ0n) is 57.0. The van der Waals surface area contributed by atoms with Crippen molar-refractivity contribution in [1.82, 2.24) is 93.3 Å². The Morgan fingerprint density at radius 3 is 1.13 bits per heavy atom. The van der Waals surface area contributed by atoms with E-state index in [1.807, 2.05) is 100 Å². The molecule has 12 aromatic heterocycles. The first kappa shape index (κ1) is 64.5. The maximum atomic E-state index is 11.6. The van der Waals surface area contributed by atoms with Crippen molar-refractivity contribution in [2.45, 2.75) is 18.1 Å². The number of hydrogen-bond donors (Lipinski definition) is 5. The van der Waals surface area contributed by atoms with Crippen molar-refractivity contribution in [3.63, 3.8) is 0 Å². The highest BCUT2D eigenvalue weighted by Gasteiger charge is 2.24. The topological polar surface area (TPSA) is 281 Å². The van der Waals surface area contributed by atoms with Gasteiger partial charge in [-0.2, -0.15) is 15.3 Å². The standard InChI is InChI=1S/2C27H21N7O.C26H24N8/c2*1-34-12-8-17-4-5-18(13-24(17)34)21-14-20(15-23-27(21)30-11-10-29-23)31-26(19-3-2-9-28-16-19)22-6-7-25(35)33-32-22;1-32-10-6-17-4-5-18(12-23(17)32)21-13-20(14-22-25(21)28-8-7-27-22)31-24(19-15-30-34(3)16-19)26-29-9-11-33(26)2/h2*2-16,26,31H,1H3,(H,33,35);4-16,24,31H,1-3H3/t2*26-;/m10./s1. The zero-order valence-corrected chi connectivity index (χ0v) is 57.0. The molecule has 3 atom stereocenters. The van der Waals surface area contributed by atoms with Gasteiger partial charge in [-0.05, 0) is 141 Å². The van der Waals surface area contributed by atoms with Gasteiger partial charge in [0.25, 0.3) is 11.1 Å². The Hall–Kier alpha value is -14.2. The number of fused-ring (bicyclic) bond motifs is 6. The number of H-pyrrole nitrogens is 2. The van der Waals surface area contributed by atoms with Crippen molar-refractivity contribution in [2.75, 3.05) is 16.0 Å². The summed E-state index contributed by atoms with van der Waals surface area (Å²) in [5, 5.41) is 32.4. The van der Waals surface area contributed by atoms with Gasteiger partial charge in [-0.3, -0.25) is 54.1 Å². The highest BCUT2D eigenvalue weighted by Crippen LogP contribution is 2.39. The Labute approximate surface area is 593 Å². The van der Waals surface area contributed by atoms with Crippen LogP contribution in [0.15, 0.2) is 273 Å². The SMILES string of the molecule is Cn1cc(C(Nc2cc(-c3ccc4ccn(C)c4c3)c3nccnc3c2)c2nccn2C)cn1.Cn1ccc2ccc(-c3cc(N[C@@H](c4cccnc4)c4ccc(=O)[nH]n4)cc4nccnc34)cc21.Cn1ccc2ccc(-c3cc(N[C@H](c4cccnc4)c4ccc(=O)[nH]n4)cc4nccnc34)cc21. The quantitative estimate of drug-likeness (QED) is 0.0638. The van der Waals surface area contributed by atoms with Crippen LogP contribution < -0.4 is 27.1 Å². The van der Waals surface area contributed by atoms with Gasteiger partial charge in [0.1, 0.15) is 11.9 Å². The van der Waals surface area contributed by atoms with Crippen LogP contribution in [0.25, 0.3) is 99.2 Å². The zero-order chi connectivity index (χ0) is 70.8. The predicted octanol–water partition coefficient (Wildman–Crippen LogP) is 13.4. The minimum Gasteiger partial charge on any atom is -0.373 e. The van der Waals surface area contributed by atoms with Crippen LogP contribution in [0.3, 0.4) is 0 Å². The lowest BCUT2D eigenvalue weighted by atomic mass is 10.00. The van der Waals surface area contributed by atoms with Gasteiger partial charge in [-0.25, -0.2) is 15.2 Å². The number of aryl methyl sites for hydroxylation is 5. The largest absolute Gasteiger partial charge is 0.373 e. The fourth-order valence-electron chi connectivity index (χ4n) is 13.2. The first-order chi connectivity index (χ1) is 50.9. The van der Waals surface area contributed by atoms with Crippen LogP contribution in [-0.2, 0) is 35.2 Å². The van der Waals surface area contributed by atoms with E-state index in [0.717, 1.165) is 117 Å². The maximum absolute atomic E-state index is 11.6. The summed E-state index contributed by atoms with van der Waals surface area (Å²) < 4.78 is 10.2. The van der Waals surface area contributed by atoms with E-state index in [1.165, 1.54) is 33.8 Å². The van der Waals surface area contributed by atoms with Gasteiger partial charge in [-0.15, -0.1) is 0 Å². The molecular weight excluding hydrogens is 1300 g/mol. The van der Waals surface area contributed by atoms with Crippen molar-refractivity contribution in [3.8, 4) is 33.4 Å². The molecule has 1 unspecified atom stereocenters. The third-order valence-electron chi connectivity index (χ3n) is 18.5. The molecule has 104 heavy (non-hydrogen) atoms. The predicted molar refractivity (Wildman–Crippen MR) is 405 cm³/mol. The average molecular weight is 1370 g/mol. The summed E-state index contributed by atoms with van der Waals surface area (Å²) in [5.74, 6) is 0.902. The van der Waals surface area contributed by atoms with E-state index in [9.17, 15) is 9.59 Å². The van der Waals surface area contributed by atoms with Gasteiger partial charge in [0.15, 0.2) is 0 Å². The van der Waals surface area contributed by atoms with Crippen molar-refractivity contribution in [1.29, 1.82) is 0 Å². The molecule has 24 heteroatoms. The number of hydrogen-bond acceptors (Lipinski definition) is 17. The molecule has 6 aromatic carbocycles.